The molecule has 0 atom stereocenters. The molecule has 2 aromatic carbocycles. The second kappa shape index (κ2) is 11.4. The van der Waals surface area contributed by atoms with Gasteiger partial charge in [-0.1, -0.05) is 80.4 Å². The van der Waals surface area contributed by atoms with Gasteiger partial charge in [-0.3, -0.25) is 9.59 Å². The topological polar surface area (TPSA) is 42.3 Å². The monoisotopic (exact) mass is 576 g/mol. The molecule has 43 heavy (non-hydrogen) atoms. The fourth-order valence-electron chi connectivity index (χ4n) is 7.43. The van der Waals surface area contributed by atoms with E-state index in [9.17, 15) is 9.59 Å². The summed E-state index contributed by atoms with van der Waals surface area (Å²) in [6.07, 6.45) is 9.61. The molecule has 3 aromatic rings. The van der Waals surface area contributed by atoms with Crippen LogP contribution in [0.5, 0.6) is 0 Å². The lowest BCUT2D eigenvalue weighted by Crippen LogP contribution is -2.58. The van der Waals surface area contributed by atoms with Gasteiger partial charge in [-0.15, -0.1) is 0 Å². The van der Waals surface area contributed by atoms with Crippen molar-refractivity contribution >= 4 is 11.4 Å². The van der Waals surface area contributed by atoms with Crippen molar-refractivity contribution in [1.82, 2.24) is 9.47 Å². The normalized spacial score (nSPS) is 19.7. The smallest absolute Gasteiger partial charge is 0.254 e. The molecule has 0 radical (unpaired) electrons. The summed E-state index contributed by atoms with van der Waals surface area (Å²) in [6, 6.07) is 20.2. The van der Waals surface area contributed by atoms with E-state index >= 15 is 0 Å². The van der Waals surface area contributed by atoms with Crippen LogP contribution in [0.4, 0.5) is 0 Å². The van der Waals surface area contributed by atoms with Crippen LogP contribution in [-0.2, 0) is 5.54 Å². The fraction of sp³-hybridized carbons (Fsp3) is 0.487. The lowest BCUT2D eigenvalue weighted by Gasteiger charge is -2.56. The molecule has 3 saturated carbocycles. The molecule has 226 valence electrons. The van der Waals surface area contributed by atoms with Crippen LogP contribution in [0.2, 0.25) is 0 Å². The molecule has 0 amide bonds. The van der Waals surface area contributed by atoms with Gasteiger partial charge in [-0.05, 0) is 106 Å². The third kappa shape index (κ3) is 5.96. The summed E-state index contributed by atoms with van der Waals surface area (Å²) >= 11 is 0. The Kier molecular flexibility index (Phi) is 7.87. The van der Waals surface area contributed by atoms with Crippen LogP contribution in [-0.4, -0.2) is 35.4 Å². The van der Waals surface area contributed by atoms with Gasteiger partial charge in [0.25, 0.3) is 5.56 Å². The van der Waals surface area contributed by atoms with Crippen LogP contribution < -0.4 is 5.56 Å². The van der Waals surface area contributed by atoms with Gasteiger partial charge in [0.15, 0.2) is 5.78 Å². The Labute approximate surface area is 257 Å². The Morgan fingerprint density at radius 2 is 1.51 bits per heavy atom. The summed E-state index contributed by atoms with van der Waals surface area (Å²) in [5, 5.41) is 0. The number of rotatable bonds is 7. The van der Waals surface area contributed by atoms with Gasteiger partial charge in [0.1, 0.15) is 0 Å². The number of carbonyl (C=O) groups excluding carboxylic acids is 1. The predicted octanol–water partition coefficient (Wildman–Crippen LogP) is 8.47. The van der Waals surface area contributed by atoms with Crippen LogP contribution in [0, 0.1) is 12.3 Å². The maximum absolute atomic E-state index is 12.5. The largest absolute Gasteiger partial charge is 0.308 e. The second-order valence-electron chi connectivity index (χ2n) is 14.4. The van der Waals surface area contributed by atoms with E-state index in [-0.39, 0.29) is 16.9 Å². The number of hydrogen-bond donors (Lipinski definition) is 0. The summed E-state index contributed by atoms with van der Waals surface area (Å²) in [6.45, 7) is 12.9. The number of pyridine rings is 1. The zero-order chi connectivity index (χ0) is 30.5. The minimum atomic E-state index is 0.00613. The summed E-state index contributed by atoms with van der Waals surface area (Å²) in [4.78, 5) is 26.6. The zero-order valence-electron chi connectivity index (χ0n) is 27.0. The maximum atomic E-state index is 12.5. The summed E-state index contributed by atoms with van der Waals surface area (Å²) in [5.74, 6) is 1.04. The van der Waals surface area contributed by atoms with E-state index in [2.05, 4.69) is 88.2 Å². The Morgan fingerprint density at radius 1 is 0.930 bits per heavy atom. The molecule has 4 aliphatic rings. The van der Waals surface area contributed by atoms with Crippen molar-refractivity contribution in [3.63, 3.8) is 0 Å². The first kappa shape index (κ1) is 29.8. The molecule has 1 aliphatic heterocycles. The molecule has 4 nitrogen and oxygen atoms in total. The molecule has 0 bridgehead atoms. The van der Waals surface area contributed by atoms with Crippen LogP contribution in [0.3, 0.4) is 0 Å². The van der Waals surface area contributed by atoms with Gasteiger partial charge < -0.3 is 9.47 Å². The summed E-state index contributed by atoms with van der Waals surface area (Å²) in [5.41, 5.74) is 10.9. The highest BCUT2D eigenvalue weighted by Crippen LogP contribution is 2.54. The number of aryl methyl sites for hydroxylation is 1. The molecule has 1 saturated heterocycles. The Morgan fingerprint density at radius 3 is 1.98 bits per heavy atom. The number of aromatic nitrogens is 1. The van der Waals surface area contributed by atoms with Gasteiger partial charge in [0, 0.05) is 41.4 Å². The van der Waals surface area contributed by atoms with E-state index in [1.807, 2.05) is 10.6 Å². The standard InChI is InChI=1S/C24H29N.C15H19NO2/c1-17(2)19-9-11-21(12-10-19)23(20-7-5-18(3)6-8-20)22-13-24(14-22)15-25(4)16-24;1-3-15(6-7-15)16-9-12(10(2)17)8-13(14(16)18)11-4-5-11/h5-12,17H,13-16H2,1-4H3;8-9,11H,3-7H2,1-2H3. The number of benzene rings is 2. The molecular weight excluding hydrogens is 528 g/mol. The molecular formula is C39H48N2O2. The summed E-state index contributed by atoms with van der Waals surface area (Å²) < 4.78 is 1.86. The van der Waals surface area contributed by atoms with Crippen LogP contribution >= 0.6 is 0 Å². The first-order chi connectivity index (χ1) is 20.5. The van der Waals surface area contributed by atoms with Gasteiger partial charge in [-0.2, -0.15) is 0 Å². The maximum Gasteiger partial charge on any atom is 0.254 e. The Bertz CT molecular complexity index is 1580. The molecule has 3 aliphatic carbocycles. The minimum absolute atomic E-state index is 0.00613. The third-order valence-corrected chi connectivity index (χ3v) is 10.4. The molecule has 4 fully saturated rings. The SMILES string of the molecule is CCC1(n2cc(C(C)=O)cc(C3CC3)c2=O)CC1.Cc1ccc(C(=C2CC3(C2)CN(C)C3)c2ccc(C(C)C)cc2)cc1. The minimum Gasteiger partial charge on any atom is -0.308 e. The van der Waals surface area contributed by atoms with E-state index in [1.165, 1.54) is 53.8 Å². The molecule has 1 spiro atoms. The van der Waals surface area contributed by atoms with Crippen LogP contribution in [0.25, 0.3) is 5.57 Å². The number of hydrogen-bond acceptors (Lipinski definition) is 3. The highest BCUT2D eigenvalue weighted by Gasteiger charge is 2.49. The van der Waals surface area contributed by atoms with Crippen molar-refractivity contribution in [3.8, 4) is 0 Å². The van der Waals surface area contributed by atoms with E-state index in [0.717, 1.165) is 37.7 Å². The van der Waals surface area contributed by atoms with Crippen molar-refractivity contribution < 1.29 is 4.79 Å². The molecule has 1 aromatic heterocycles. The van der Waals surface area contributed by atoms with Gasteiger partial charge in [0.05, 0.1) is 0 Å². The lowest BCUT2D eigenvalue weighted by atomic mass is 9.59. The second-order valence-corrected chi connectivity index (χ2v) is 14.4. The molecule has 0 N–H and O–H groups in total. The average molecular weight is 577 g/mol. The molecule has 4 heteroatoms. The molecule has 7 rings (SSSR count). The average Bonchev–Trinajstić information content (AvgIpc) is 3.88. The van der Waals surface area contributed by atoms with E-state index < -0.39 is 0 Å². The highest BCUT2D eigenvalue weighted by molar-refractivity contribution is 5.94. The van der Waals surface area contributed by atoms with E-state index in [1.54, 1.807) is 18.7 Å². The Balaban J connectivity index is 0.000000162. The quantitative estimate of drug-likeness (QED) is 0.265. The number of carbonyl (C=O) groups is 1. The number of ketones is 1. The molecule has 0 unspecified atom stereocenters. The van der Waals surface area contributed by atoms with Crippen molar-refractivity contribution in [3.05, 3.63) is 110 Å². The van der Waals surface area contributed by atoms with Crippen molar-refractivity contribution in [2.75, 3.05) is 20.1 Å². The van der Waals surface area contributed by atoms with Crippen LogP contribution in [0.1, 0.15) is 123 Å². The Hall–Kier alpha value is -3.24. The van der Waals surface area contributed by atoms with E-state index in [0.29, 0.717) is 22.8 Å². The molecule has 2 heterocycles. The first-order valence-electron chi connectivity index (χ1n) is 16.4. The van der Waals surface area contributed by atoms with E-state index in [4.69, 9.17) is 0 Å². The highest BCUT2D eigenvalue weighted by atomic mass is 16.1. The van der Waals surface area contributed by atoms with Crippen molar-refractivity contribution in [1.29, 1.82) is 0 Å². The van der Waals surface area contributed by atoms with Gasteiger partial charge in [-0.25, -0.2) is 0 Å². The van der Waals surface area contributed by atoms with Crippen LogP contribution in [0.15, 0.2) is 71.2 Å². The van der Waals surface area contributed by atoms with Crippen molar-refractivity contribution in [2.45, 2.75) is 96.9 Å². The lowest BCUT2D eigenvalue weighted by molar-refractivity contribution is -0.0106. The van der Waals surface area contributed by atoms with Gasteiger partial charge >= 0.3 is 0 Å². The first-order valence-corrected chi connectivity index (χ1v) is 16.4. The fourth-order valence-corrected chi connectivity index (χ4v) is 7.43. The number of Topliss-reactive ketones (excluding diaryl/α,β-unsaturated/α-hetero) is 1. The third-order valence-electron chi connectivity index (χ3n) is 10.4. The zero-order valence-corrected chi connectivity index (χ0v) is 27.0. The predicted molar refractivity (Wildman–Crippen MR) is 177 cm³/mol. The number of allylic oxidation sites excluding steroid dienone is 1. The summed E-state index contributed by atoms with van der Waals surface area (Å²) in [7, 11) is 2.23. The number of likely N-dealkylation sites (tertiary alicyclic amines) is 1. The van der Waals surface area contributed by atoms with Crippen molar-refractivity contribution in [2.24, 2.45) is 5.41 Å². The number of nitrogens with zero attached hydrogens (tertiary/aromatic N) is 2. The van der Waals surface area contributed by atoms with Gasteiger partial charge in [0.2, 0.25) is 0 Å².